The Bertz CT molecular complexity index is 853. The fourth-order valence-corrected chi connectivity index (χ4v) is 3.38. The molecule has 2 N–H and O–H groups in total. The first-order valence-electron chi connectivity index (χ1n) is 7.45. The van der Waals surface area contributed by atoms with Crippen molar-refractivity contribution in [1.82, 2.24) is 4.90 Å². The van der Waals surface area contributed by atoms with Crippen LogP contribution in [0, 0.1) is 12.3 Å². The van der Waals surface area contributed by atoms with Crippen LogP contribution >= 0.6 is 0 Å². The van der Waals surface area contributed by atoms with E-state index in [4.69, 9.17) is 5.11 Å². The fraction of sp³-hybridized carbons (Fsp3) is 0.467. The number of likely N-dealkylation sites (tertiary alicyclic amines) is 1. The minimum absolute atomic E-state index is 0.0369. The second-order valence-electron chi connectivity index (χ2n) is 6.27. The number of amides is 1. The van der Waals surface area contributed by atoms with Crippen molar-refractivity contribution in [3.63, 3.8) is 0 Å². The number of hydrogen-bond donors (Lipinski definition) is 2. The largest absolute Gasteiger partial charge is 0.481 e. The van der Waals surface area contributed by atoms with Crippen molar-refractivity contribution in [2.75, 3.05) is 24.1 Å². The van der Waals surface area contributed by atoms with Crippen LogP contribution in [0.3, 0.4) is 0 Å². The number of aliphatic carboxylic acids is 1. The third-order valence-electron chi connectivity index (χ3n) is 4.29. The Kier molecular flexibility index (Phi) is 4.97. The number of rotatable bonds is 4. The summed E-state index contributed by atoms with van der Waals surface area (Å²) in [6, 6.07) is 4.01. The average Bonchev–Trinajstić information content (AvgIpc) is 2.94. The highest BCUT2D eigenvalue weighted by molar-refractivity contribution is 7.92. The molecule has 1 saturated heterocycles. The van der Waals surface area contributed by atoms with Gasteiger partial charge in [0.1, 0.15) is 0 Å². The second-order valence-corrected chi connectivity index (χ2v) is 8.01. The minimum Gasteiger partial charge on any atom is -0.481 e. The van der Waals surface area contributed by atoms with Gasteiger partial charge in [0.2, 0.25) is 10.0 Å². The number of anilines is 1. The molecule has 0 bridgehead atoms. The number of alkyl halides is 3. The zero-order chi connectivity index (χ0) is 19.9. The Balaban J connectivity index is 2.31. The maximum atomic E-state index is 13.2. The van der Waals surface area contributed by atoms with Crippen LogP contribution in [-0.4, -0.2) is 55.8 Å². The number of carboxylic acids is 1. The quantitative estimate of drug-likeness (QED) is 0.811. The van der Waals surface area contributed by atoms with E-state index in [0.29, 0.717) is 5.56 Å². The van der Waals surface area contributed by atoms with Crippen LogP contribution in [0.1, 0.15) is 22.3 Å². The van der Waals surface area contributed by atoms with Gasteiger partial charge in [-0.25, -0.2) is 8.42 Å². The van der Waals surface area contributed by atoms with Crippen LogP contribution in [0.5, 0.6) is 0 Å². The highest BCUT2D eigenvalue weighted by Gasteiger charge is 2.64. The molecule has 7 nitrogen and oxygen atoms in total. The first kappa shape index (κ1) is 20.0. The molecular weight excluding hydrogens is 377 g/mol. The van der Waals surface area contributed by atoms with E-state index in [0.717, 1.165) is 11.2 Å². The summed E-state index contributed by atoms with van der Waals surface area (Å²) in [5.41, 5.74) is -2.40. The van der Waals surface area contributed by atoms with E-state index >= 15 is 0 Å². The van der Waals surface area contributed by atoms with E-state index in [1.54, 1.807) is 6.92 Å². The summed E-state index contributed by atoms with van der Waals surface area (Å²) in [6.45, 7) is 0.234. The predicted octanol–water partition coefficient (Wildman–Crippen LogP) is 1.85. The lowest BCUT2D eigenvalue weighted by molar-refractivity contribution is -0.227. The summed E-state index contributed by atoms with van der Waals surface area (Å²) >= 11 is 0. The van der Waals surface area contributed by atoms with Gasteiger partial charge in [0, 0.05) is 18.7 Å². The molecule has 1 unspecified atom stereocenters. The zero-order valence-corrected chi connectivity index (χ0v) is 14.7. The zero-order valence-electron chi connectivity index (χ0n) is 13.9. The van der Waals surface area contributed by atoms with Gasteiger partial charge < -0.3 is 10.0 Å². The maximum Gasteiger partial charge on any atom is 0.406 e. The van der Waals surface area contributed by atoms with E-state index in [-0.39, 0.29) is 17.8 Å². The molecule has 11 heteroatoms. The molecular formula is C15H17F3N2O5S. The maximum absolute atomic E-state index is 13.2. The van der Waals surface area contributed by atoms with Gasteiger partial charge in [-0.05, 0) is 31.0 Å². The number of nitrogens with one attached hydrogen (secondary N) is 1. The normalized spacial score (nSPS) is 20.9. The van der Waals surface area contributed by atoms with Crippen LogP contribution in [0.2, 0.25) is 0 Å². The standard InChI is InChI=1S/C15H17F3N2O5S/c1-9-3-4-10(7-11(9)19-26(2,24)25)12(21)20-6-5-14(8-20,13(22)23)15(16,17)18/h3-4,7,19H,5-6,8H2,1-2H3,(H,22,23). The third-order valence-corrected chi connectivity index (χ3v) is 4.88. The molecule has 1 atom stereocenters. The summed E-state index contributed by atoms with van der Waals surface area (Å²) in [6.07, 6.45) is -4.81. The van der Waals surface area contributed by atoms with Crippen LogP contribution < -0.4 is 4.72 Å². The third kappa shape index (κ3) is 3.76. The number of benzene rings is 1. The van der Waals surface area contributed by atoms with Crippen molar-refractivity contribution >= 4 is 27.6 Å². The second kappa shape index (κ2) is 6.45. The molecule has 26 heavy (non-hydrogen) atoms. The lowest BCUT2D eigenvalue weighted by Gasteiger charge is -2.27. The predicted molar refractivity (Wildman–Crippen MR) is 86.3 cm³/mol. The number of carbonyl (C=O) groups excluding carboxylic acids is 1. The molecule has 1 amide bonds. The number of nitrogens with zero attached hydrogens (tertiary/aromatic N) is 1. The summed E-state index contributed by atoms with van der Waals surface area (Å²) in [4.78, 5) is 24.5. The van der Waals surface area contributed by atoms with E-state index in [2.05, 4.69) is 4.72 Å². The van der Waals surface area contributed by atoms with Gasteiger partial charge in [-0.1, -0.05) is 6.07 Å². The molecule has 0 saturated carbocycles. The lowest BCUT2D eigenvalue weighted by atomic mass is 9.86. The molecule has 0 radical (unpaired) electrons. The van der Waals surface area contributed by atoms with Crippen LogP contribution in [0.4, 0.5) is 18.9 Å². The molecule has 1 aliphatic rings. The van der Waals surface area contributed by atoms with Gasteiger partial charge in [0.05, 0.1) is 11.9 Å². The van der Waals surface area contributed by atoms with Crippen LogP contribution in [0.25, 0.3) is 0 Å². The van der Waals surface area contributed by atoms with Crippen molar-refractivity contribution in [3.05, 3.63) is 29.3 Å². The van der Waals surface area contributed by atoms with E-state index in [9.17, 15) is 31.2 Å². The van der Waals surface area contributed by atoms with Gasteiger partial charge >= 0.3 is 12.1 Å². The summed E-state index contributed by atoms with van der Waals surface area (Å²) in [5, 5.41) is 9.04. The Morgan fingerprint density at radius 1 is 1.31 bits per heavy atom. The Morgan fingerprint density at radius 3 is 2.38 bits per heavy atom. The van der Waals surface area contributed by atoms with Crippen molar-refractivity contribution < 1.29 is 36.3 Å². The van der Waals surface area contributed by atoms with Crippen molar-refractivity contribution in [2.45, 2.75) is 19.5 Å². The van der Waals surface area contributed by atoms with Crippen molar-refractivity contribution in [3.8, 4) is 0 Å². The van der Waals surface area contributed by atoms with E-state index < -0.39 is 46.5 Å². The summed E-state index contributed by atoms with van der Waals surface area (Å²) in [7, 11) is -3.61. The molecule has 1 aromatic carbocycles. The average molecular weight is 394 g/mol. The van der Waals surface area contributed by atoms with Gasteiger partial charge in [-0.15, -0.1) is 0 Å². The molecule has 0 aliphatic carbocycles. The molecule has 1 aliphatic heterocycles. The summed E-state index contributed by atoms with van der Waals surface area (Å²) < 4.78 is 64.6. The molecule has 2 rings (SSSR count). The minimum atomic E-state index is -5.00. The van der Waals surface area contributed by atoms with Crippen molar-refractivity contribution in [1.29, 1.82) is 0 Å². The smallest absolute Gasteiger partial charge is 0.406 e. The van der Waals surface area contributed by atoms with Gasteiger partial charge in [0.15, 0.2) is 5.41 Å². The number of halogens is 3. The highest BCUT2D eigenvalue weighted by Crippen LogP contribution is 2.46. The number of sulfonamides is 1. The van der Waals surface area contributed by atoms with E-state index in [1.807, 2.05) is 0 Å². The van der Waals surface area contributed by atoms with Gasteiger partial charge in [-0.3, -0.25) is 14.3 Å². The highest BCUT2D eigenvalue weighted by atomic mass is 32.2. The lowest BCUT2D eigenvalue weighted by Crippen LogP contribution is -2.47. The molecule has 1 aromatic rings. The molecule has 1 fully saturated rings. The first-order chi connectivity index (χ1) is 11.8. The molecule has 0 aromatic heterocycles. The summed E-state index contributed by atoms with van der Waals surface area (Å²) in [5.74, 6) is -2.82. The molecule has 0 spiro atoms. The Morgan fingerprint density at radius 2 is 1.92 bits per heavy atom. The topological polar surface area (TPSA) is 104 Å². The van der Waals surface area contributed by atoms with E-state index in [1.165, 1.54) is 18.2 Å². The SMILES string of the molecule is Cc1ccc(C(=O)N2CCC(C(=O)O)(C(F)(F)F)C2)cc1NS(C)(=O)=O. The van der Waals surface area contributed by atoms with Gasteiger partial charge in [-0.2, -0.15) is 13.2 Å². The number of carboxylic acid groups (broad SMARTS) is 1. The number of hydrogen-bond acceptors (Lipinski definition) is 4. The Hall–Kier alpha value is -2.30. The van der Waals surface area contributed by atoms with Crippen molar-refractivity contribution in [2.24, 2.45) is 5.41 Å². The number of carbonyl (C=O) groups is 2. The fourth-order valence-electron chi connectivity index (χ4n) is 2.76. The Labute approximate surface area is 147 Å². The molecule has 144 valence electrons. The monoisotopic (exact) mass is 394 g/mol. The van der Waals surface area contributed by atoms with Gasteiger partial charge in [0.25, 0.3) is 5.91 Å². The first-order valence-corrected chi connectivity index (χ1v) is 9.34. The van der Waals surface area contributed by atoms with Crippen LogP contribution in [0.15, 0.2) is 18.2 Å². The number of aryl methyl sites for hydroxylation is 1. The molecule has 1 heterocycles. The van der Waals surface area contributed by atoms with Crippen LogP contribution in [-0.2, 0) is 14.8 Å².